The maximum atomic E-state index is 13.0. The topological polar surface area (TPSA) is 12.9 Å². The lowest BCUT2D eigenvalue weighted by Crippen LogP contribution is -2.17. The first-order valence-corrected chi connectivity index (χ1v) is 5.99. The Kier molecular flexibility index (Phi) is 3.15. The maximum Gasteiger partial charge on any atom is 0.416 e. The monoisotopic (exact) mass is 243 g/mol. The number of hydrogen-bond acceptors (Lipinski definition) is 1. The zero-order chi connectivity index (χ0) is 12.6. The van der Waals surface area contributed by atoms with Crippen LogP contribution in [0.4, 0.5) is 13.2 Å². The quantitative estimate of drug-likeness (QED) is 0.723. The SMILES string of the molecule is CC(C)c1cc(C(F)(F)F)c2c(n1)CCCC2. The summed E-state index contributed by atoms with van der Waals surface area (Å²) in [6, 6.07) is 1.23. The minimum atomic E-state index is -4.26. The molecule has 1 aliphatic rings. The van der Waals surface area contributed by atoms with E-state index in [1.165, 1.54) is 6.07 Å². The van der Waals surface area contributed by atoms with Crippen LogP contribution in [0.5, 0.6) is 0 Å². The highest BCUT2D eigenvalue weighted by atomic mass is 19.4. The van der Waals surface area contributed by atoms with Gasteiger partial charge in [0, 0.05) is 11.4 Å². The Labute approximate surface area is 99.1 Å². The van der Waals surface area contributed by atoms with Crippen molar-refractivity contribution in [2.24, 2.45) is 0 Å². The van der Waals surface area contributed by atoms with Crippen LogP contribution in [0, 0.1) is 0 Å². The van der Waals surface area contributed by atoms with Crippen molar-refractivity contribution in [3.63, 3.8) is 0 Å². The third-order valence-corrected chi connectivity index (χ3v) is 3.22. The van der Waals surface area contributed by atoms with Crippen LogP contribution in [-0.4, -0.2) is 4.98 Å². The highest BCUT2D eigenvalue weighted by Crippen LogP contribution is 2.37. The molecule has 17 heavy (non-hydrogen) atoms. The number of fused-ring (bicyclic) bond motifs is 1. The molecule has 0 amide bonds. The van der Waals surface area contributed by atoms with E-state index in [-0.39, 0.29) is 5.92 Å². The second-order valence-electron chi connectivity index (χ2n) is 4.88. The van der Waals surface area contributed by atoms with Crippen LogP contribution in [0.1, 0.15) is 55.1 Å². The minimum Gasteiger partial charge on any atom is -0.257 e. The first-order chi connectivity index (χ1) is 7.89. The van der Waals surface area contributed by atoms with E-state index in [0.717, 1.165) is 12.8 Å². The second-order valence-corrected chi connectivity index (χ2v) is 4.88. The van der Waals surface area contributed by atoms with E-state index < -0.39 is 11.7 Å². The fourth-order valence-corrected chi connectivity index (χ4v) is 2.27. The number of rotatable bonds is 1. The van der Waals surface area contributed by atoms with E-state index in [1.54, 1.807) is 0 Å². The molecule has 0 aromatic carbocycles. The van der Waals surface area contributed by atoms with Crippen LogP contribution in [0.3, 0.4) is 0 Å². The summed E-state index contributed by atoms with van der Waals surface area (Å²) in [6.45, 7) is 3.75. The Hall–Kier alpha value is -1.06. The van der Waals surface area contributed by atoms with Gasteiger partial charge in [0.15, 0.2) is 0 Å². The van der Waals surface area contributed by atoms with Crippen molar-refractivity contribution in [2.45, 2.75) is 51.6 Å². The number of halogens is 3. The summed E-state index contributed by atoms with van der Waals surface area (Å²) in [4.78, 5) is 4.39. The zero-order valence-corrected chi connectivity index (χ0v) is 10.1. The average Bonchev–Trinajstić information content (AvgIpc) is 2.26. The fourth-order valence-electron chi connectivity index (χ4n) is 2.27. The predicted molar refractivity (Wildman–Crippen MR) is 60.0 cm³/mol. The lowest BCUT2D eigenvalue weighted by molar-refractivity contribution is -0.138. The Bertz CT molecular complexity index is 421. The highest BCUT2D eigenvalue weighted by molar-refractivity contribution is 5.37. The van der Waals surface area contributed by atoms with Crippen LogP contribution in [0.2, 0.25) is 0 Å². The van der Waals surface area contributed by atoms with Gasteiger partial charge in [0.25, 0.3) is 0 Å². The second kappa shape index (κ2) is 4.31. The van der Waals surface area contributed by atoms with Gasteiger partial charge in [-0.15, -0.1) is 0 Å². The fraction of sp³-hybridized carbons (Fsp3) is 0.615. The van der Waals surface area contributed by atoms with E-state index in [4.69, 9.17) is 0 Å². The molecule has 0 unspecified atom stereocenters. The Morgan fingerprint density at radius 2 is 1.82 bits per heavy atom. The van der Waals surface area contributed by atoms with Crippen molar-refractivity contribution in [2.75, 3.05) is 0 Å². The van der Waals surface area contributed by atoms with Gasteiger partial charge in [0.2, 0.25) is 0 Å². The van der Waals surface area contributed by atoms with Crippen LogP contribution < -0.4 is 0 Å². The van der Waals surface area contributed by atoms with E-state index in [2.05, 4.69) is 4.98 Å². The van der Waals surface area contributed by atoms with Crippen molar-refractivity contribution < 1.29 is 13.2 Å². The number of alkyl halides is 3. The molecule has 0 N–H and O–H groups in total. The molecule has 0 atom stereocenters. The van der Waals surface area contributed by atoms with E-state index in [9.17, 15) is 13.2 Å². The molecule has 94 valence electrons. The third-order valence-electron chi connectivity index (χ3n) is 3.22. The van der Waals surface area contributed by atoms with Gasteiger partial charge in [-0.2, -0.15) is 13.2 Å². The van der Waals surface area contributed by atoms with Crippen LogP contribution in [0.15, 0.2) is 6.07 Å². The molecule has 1 nitrogen and oxygen atoms in total. The molecule has 1 aliphatic carbocycles. The summed E-state index contributed by atoms with van der Waals surface area (Å²) in [5.41, 5.74) is 1.17. The normalized spacial score (nSPS) is 16.1. The molecule has 1 aromatic heterocycles. The molecule has 1 heterocycles. The lowest BCUT2D eigenvalue weighted by Gasteiger charge is -2.22. The van der Waals surface area contributed by atoms with Gasteiger partial charge in [0.05, 0.1) is 5.56 Å². The number of aromatic nitrogens is 1. The number of pyridine rings is 1. The largest absolute Gasteiger partial charge is 0.416 e. The Morgan fingerprint density at radius 3 is 2.41 bits per heavy atom. The molecule has 4 heteroatoms. The zero-order valence-electron chi connectivity index (χ0n) is 10.1. The summed E-state index contributed by atoms with van der Waals surface area (Å²) in [7, 11) is 0. The standard InChI is InChI=1S/C13H16F3N/c1-8(2)12-7-10(13(14,15)16)9-5-3-4-6-11(9)17-12/h7-8H,3-6H2,1-2H3. The van der Waals surface area contributed by atoms with Crippen molar-refractivity contribution in [1.29, 1.82) is 0 Å². The van der Waals surface area contributed by atoms with Gasteiger partial charge in [-0.05, 0) is 43.2 Å². The smallest absolute Gasteiger partial charge is 0.257 e. The third kappa shape index (κ3) is 2.45. The van der Waals surface area contributed by atoms with Gasteiger partial charge < -0.3 is 0 Å². The Balaban J connectivity index is 2.58. The first-order valence-electron chi connectivity index (χ1n) is 5.99. The molecule has 0 spiro atoms. The minimum absolute atomic E-state index is 0.0309. The molecule has 0 saturated heterocycles. The molecule has 0 aliphatic heterocycles. The highest BCUT2D eigenvalue weighted by Gasteiger charge is 2.36. The van der Waals surface area contributed by atoms with Crippen LogP contribution in [0.25, 0.3) is 0 Å². The van der Waals surface area contributed by atoms with E-state index >= 15 is 0 Å². The summed E-state index contributed by atoms with van der Waals surface area (Å²) >= 11 is 0. The number of hydrogen-bond donors (Lipinski definition) is 0. The van der Waals surface area contributed by atoms with Crippen molar-refractivity contribution in [3.8, 4) is 0 Å². The Morgan fingerprint density at radius 1 is 1.18 bits per heavy atom. The maximum absolute atomic E-state index is 13.0. The summed E-state index contributed by atoms with van der Waals surface area (Å²) in [5, 5.41) is 0. The summed E-state index contributed by atoms with van der Waals surface area (Å²) in [6.07, 6.45) is -1.29. The van der Waals surface area contributed by atoms with E-state index in [0.29, 0.717) is 29.8 Å². The van der Waals surface area contributed by atoms with Gasteiger partial charge in [0.1, 0.15) is 0 Å². The van der Waals surface area contributed by atoms with E-state index in [1.807, 2.05) is 13.8 Å². The van der Waals surface area contributed by atoms with Gasteiger partial charge in [-0.3, -0.25) is 4.98 Å². The molecule has 0 radical (unpaired) electrons. The lowest BCUT2D eigenvalue weighted by atomic mass is 9.90. The molecule has 1 aromatic rings. The van der Waals surface area contributed by atoms with Crippen molar-refractivity contribution >= 4 is 0 Å². The molecular weight excluding hydrogens is 227 g/mol. The number of nitrogens with zero attached hydrogens (tertiary/aromatic N) is 1. The van der Waals surface area contributed by atoms with Gasteiger partial charge in [-0.25, -0.2) is 0 Å². The molecule has 2 rings (SSSR count). The first kappa shape index (κ1) is 12.4. The van der Waals surface area contributed by atoms with Crippen LogP contribution >= 0.6 is 0 Å². The molecule has 0 bridgehead atoms. The van der Waals surface area contributed by atoms with Gasteiger partial charge >= 0.3 is 6.18 Å². The number of aryl methyl sites for hydroxylation is 1. The summed E-state index contributed by atoms with van der Waals surface area (Å²) < 4.78 is 39.0. The predicted octanol–water partition coefficient (Wildman–Crippen LogP) is 4.10. The van der Waals surface area contributed by atoms with Crippen LogP contribution in [-0.2, 0) is 19.0 Å². The molecule has 0 saturated carbocycles. The summed E-state index contributed by atoms with van der Waals surface area (Å²) in [5.74, 6) is 0.0309. The molecule has 0 fully saturated rings. The average molecular weight is 243 g/mol. The molecular formula is C13H16F3N. The van der Waals surface area contributed by atoms with Crippen molar-refractivity contribution in [1.82, 2.24) is 4.98 Å². The van der Waals surface area contributed by atoms with Gasteiger partial charge in [-0.1, -0.05) is 13.8 Å². The van der Waals surface area contributed by atoms with Crippen molar-refractivity contribution in [3.05, 3.63) is 28.6 Å².